The first-order valence-electron chi connectivity index (χ1n) is 5.69. The lowest BCUT2D eigenvalue weighted by Gasteiger charge is -2.05. The summed E-state index contributed by atoms with van der Waals surface area (Å²) in [5.41, 5.74) is -0.146. The Morgan fingerprint density at radius 1 is 1.15 bits per heavy atom. The molecule has 2 heterocycles. The minimum Gasteiger partial charge on any atom is -0.367 e. The first-order chi connectivity index (χ1) is 9.45. The van der Waals surface area contributed by atoms with Gasteiger partial charge in [-0.05, 0) is 18.2 Å². The van der Waals surface area contributed by atoms with E-state index in [1.54, 1.807) is 0 Å². The van der Waals surface area contributed by atoms with Crippen LogP contribution in [0.15, 0.2) is 41.5 Å². The summed E-state index contributed by atoms with van der Waals surface area (Å²) < 4.78 is 37.9. The quantitative estimate of drug-likeness (QED) is 0.719. The van der Waals surface area contributed by atoms with Crippen molar-refractivity contribution in [3.05, 3.63) is 52.4 Å². The first-order valence-corrected chi connectivity index (χ1v) is 5.69. The Balaban J connectivity index is 2.17. The van der Waals surface area contributed by atoms with E-state index < -0.39 is 11.7 Å². The van der Waals surface area contributed by atoms with Gasteiger partial charge in [0.25, 0.3) is 0 Å². The zero-order valence-electron chi connectivity index (χ0n) is 9.95. The Morgan fingerprint density at radius 2 is 1.95 bits per heavy atom. The Hall–Kier alpha value is -2.57. The van der Waals surface area contributed by atoms with Gasteiger partial charge in [-0.15, -0.1) is 0 Å². The van der Waals surface area contributed by atoms with Crippen molar-refractivity contribution in [2.24, 2.45) is 0 Å². The van der Waals surface area contributed by atoms with Crippen LogP contribution in [0.25, 0.3) is 22.4 Å². The van der Waals surface area contributed by atoms with E-state index in [1.807, 2.05) is 0 Å². The number of aromatic nitrogens is 3. The van der Waals surface area contributed by atoms with E-state index in [0.29, 0.717) is 5.52 Å². The van der Waals surface area contributed by atoms with Crippen molar-refractivity contribution < 1.29 is 13.2 Å². The molecule has 0 aliphatic rings. The van der Waals surface area contributed by atoms with Crippen LogP contribution in [-0.4, -0.2) is 15.0 Å². The van der Waals surface area contributed by atoms with Gasteiger partial charge < -0.3 is 9.97 Å². The predicted molar refractivity (Wildman–Crippen MR) is 67.2 cm³/mol. The number of hydrogen-bond donors (Lipinski definition) is 2. The van der Waals surface area contributed by atoms with E-state index >= 15 is 0 Å². The Kier molecular flexibility index (Phi) is 2.63. The van der Waals surface area contributed by atoms with Crippen LogP contribution in [0.5, 0.6) is 0 Å². The average molecular weight is 279 g/mol. The van der Waals surface area contributed by atoms with Crippen LogP contribution in [-0.2, 0) is 6.18 Å². The van der Waals surface area contributed by atoms with Gasteiger partial charge in [-0.2, -0.15) is 13.2 Å². The number of halogens is 3. The van der Waals surface area contributed by atoms with Gasteiger partial charge in [0, 0.05) is 18.5 Å². The number of aromatic amines is 2. The smallest absolute Gasteiger partial charge is 0.367 e. The molecule has 4 nitrogen and oxygen atoms in total. The molecule has 0 fully saturated rings. The third kappa shape index (κ3) is 2.07. The van der Waals surface area contributed by atoms with Gasteiger partial charge in [-0.25, -0.2) is 4.98 Å². The van der Waals surface area contributed by atoms with Crippen molar-refractivity contribution in [3.63, 3.8) is 0 Å². The molecule has 0 bridgehead atoms. The molecule has 0 amide bonds. The van der Waals surface area contributed by atoms with Crippen LogP contribution < -0.4 is 5.43 Å². The zero-order valence-corrected chi connectivity index (χ0v) is 9.95. The largest absolute Gasteiger partial charge is 0.416 e. The topological polar surface area (TPSA) is 61.5 Å². The highest BCUT2D eigenvalue weighted by Gasteiger charge is 2.30. The van der Waals surface area contributed by atoms with E-state index in [-0.39, 0.29) is 22.3 Å². The Bertz CT molecular complexity index is 832. The Labute approximate surface area is 110 Å². The molecule has 0 saturated carbocycles. The second kappa shape index (κ2) is 4.22. The summed E-state index contributed by atoms with van der Waals surface area (Å²) in [5, 5.41) is 0. The van der Waals surface area contributed by atoms with Crippen LogP contribution >= 0.6 is 0 Å². The molecule has 0 unspecified atom stereocenters. The lowest BCUT2D eigenvalue weighted by molar-refractivity contribution is -0.137. The first kappa shape index (κ1) is 12.5. The van der Waals surface area contributed by atoms with Crippen molar-refractivity contribution in [1.82, 2.24) is 15.0 Å². The third-order valence-electron chi connectivity index (χ3n) is 2.89. The number of fused-ring (bicyclic) bond motifs is 1. The van der Waals surface area contributed by atoms with E-state index in [4.69, 9.17) is 0 Å². The number of nitrogens with one attached hydrogen (secondary N) is 2. The number of rotatable bonds is 1. The van der Waals surface area contributed by atoms with E-state index in [0.717, 1.165) is 12.1 Å². The molecule has 1 aromatic carbocycles. The van der Waals surface area contributed by atoms with Gasteiger partial charge >= 0.3 is 6.18 Å². The zero-order chi connectivity index (χ0) is 14.3. The average Bonchev–Trinajstić information content (AvgIpc) is 2.80. The molecule has 3 aromatic rings. The lowest BCUT2D eigenvalue weighted by Crippen LogP contribution is -2.04. The van der Waals surface area contributed by atoms with Gasteiger partial charge in [0.2, 0.25) is 0 Å². The molecule has 0 spiro atoms. The summed E-state index contributed by atoms with van der Waals surface area (Å²) in [6.07, 6.45) is -1.50. The fourth-order valence-corrected chi connectivity index (χ4v) is 1.91. The van der Waals surface area contributed by atoms with Crippen molar-refractivity contribution >= 4 is 11.0 Å². The highest BCUT2D eigenvalue weighted by Crippen LogP contribution is 2.31. The second-order valence-corrected chi connectivity index (χ2v) is 4.24. The molecule has 0 saturated heterocycles. The number of nitrogens with zero attached hydrogens (tertiary/aromatic N) is 1. The molecule has 0 aliphatic heterocycles. The summed E-state index contributed by atoms with van der Waals surface area (Å²) in [6.45, 7) is 0. The minimum atomic E-state index is -4.41. The van der Waals surface area contributed by atoms with E-state index in [1.165, 1.54) is 24.5 Å². The van der Waals surface area contributed by atoms with Crippen LogP contribution in [0.3, 0.4) is 0 Å². The number of alkyl halides is 3. The van der Waals surface area contributed by atoms with Crippen LogP contribution in [0, 0.1) is 0 Å². The highest BCUT2D eigenvalue weighted by atomic mass is 19.4. The van der Waals surface area contributed by atoms with Crippen molar-refractivity contribution in [2.45, 2.75) is 6.18 Å². The maximum atomic E-state index is 12.6. The van der Waals surface area contributed by atoms with Crippen LogP contribution in [0.1, 0.15) is 5.56 Å². The molecular formula is C13H8F3N3O. The molecule has 7 heteroatoms. The van der Waals surface area contributed by atoms with Gasteiger partial charge in [0.05, 0.1) is 22.2 Å². The maximum absolute atomic E-state index is 12.6. The van der Waals surface area contributed by atoms with Gasteiger partial charge in [-0.1, -0.05) is 0 Å². The summed E-state index contributed by atoms with van der Waals surface area (Å²) in [6, 6.07) is 4.53. The fraction of sp³-hybridized carbons (Fsp3) is 0.0769. The molecule has 0 radical (unpaired) electrons. The van der Waals surface area contributed by atoms with E-state index in [9.17, 15) is 18.0 Å². The molecule has 2 N–H and O–H groups in total. The van der Waals surface area contributed by atoms with Crippen LogP contribution in [0.2, 0.25) is 0 Å². The van der Waals surface area contributed by atoms with Gasteiger partial charge in [0.15, 0.2) is 5.43 Å². The predicted octanol–water partition coefficient (Wildman–Crippen LogP) is 2.94. The molecule has 3 rings (SSSR count). The van der Waals surface area contributed by atoms with Crippen LogP contribution in [0.4, 0.5) is 13.2 Å². The number of imidazole rings is 1. The number of hydrogen-bond acceptors (Lipinski definition) is 2. The van der Waals surface area contributed by atoms with Crippen molar-refractivity contribution in [3.8, 4) is 11.4 Å². The summed E-state index contributed by atoms with van der Waals surface area (Å²) in [7, 11) is 0. The van der Waals surface area contributed by atoms with Crippen molar-refractivity contribution in [1.29, 1.82) is 0 Å². The lowest BCUT2D eigenvalue weighted by atomic mass is 10.2. The molecule has 20 heavy (non-hydrogen) atoms. The van der Waals surface area contributed by atoms with Gasteiger partial charge in [-0.3, -0.25) is 4.79 Å². The molecule has 102 valence electrons. The van der Waals surface area contributed by atoms with E-state index in [2.05, 4.69) is 15.0 Å². The minimum absolute atomic E-state index is 0.234. The second-order valence-electron chi connectivity index (χ2n) is 4.24. The summed E-state index contributed by atoms with van der Waals surface area (Å²) >= 11 is 0. The maximum Gasteiger partial charge on any atom is 0.416 e. The summed E-state index contributed by atoms with van der Waals surface area (Å²) in [4.78, 5) is 21.3. The molecule has 0 aliphatic carbocycles. The molecule has 0 atom stereocenters. The van der Waals surface area contributed by atoms with Gasteiger partial charge in [0.1, 0.15) is 5.82 Å². The Morgan fingerprint density at radius 3 is 2.65 bits per heavy atom. The van der Waals surface area contributed by atoms with Crippen molar-refractivity contribution in [2.75, 3.05) is 0 Å². The SMILES string of the molecule is O=c1cc[nH]cc1-c1nc2ccc(C(F)(F)F)cc2[nH]1. The third-order valence-corrected chi connectivity index (χ3v) is 2.89. The fourth-order valence-electron chi connectivity index (χ4n) is 1.91. The summed E-state index contributed by atoms with van der Waals surface area (Å²) in [5.74, 6) is 0.237. The number of H-pyrrole nitrogens is 2. The standard InChI is InChI=1S/C13H8F3N3O/c14-13(15,16)7-1-2-9-10(5-7)19-12(18-9)8-6-17-4-3-11(8)20/h1-6H,(H,17,20)(H,18,19). The molecular weight excluding hydrogens is 271 g/mol. The normalized spacial score (nSPS) is 11.9. The number of pyridine rings is 1. The number of benzene rings is 1. The molecule has 2 aromatic heterocycles. The monoisotopic (exact) mass is 279 g/mol. The highest BCUT2D eigenvalue weighted by molar-refractivity contribution is 5.80.